The zero-order chi connectivity index (χ0) is 19.4. The topological polar surface area (TPSA) is 76.6 Å². The van der Waals surface area contributed by atoms with Gasteiger partial charge in [0, 0.05) is 31.4 Å². The highest BCUT2D eigenvalue weighted by Gasteiger charge is 2.19. The van der Waals surface area contributed by atoms with E-state index in [1.807, 2.05) is 0 Å². The molecule has 0 unspecified atom stereocenters. The van der Waals surface area contributed by atoms with Gasteiger partial charge in [-0.15, -0.1) is 0 Å². The standard InChI is InChI=1S/C19H23ClN4O3/c1-12-14(11-21-19(22-12)24-7-5-4-6-8-24)18(25)23-17-15(20)9-13(26-2)10-16(17)27-3/h9-11H,4-8H2,1-3H3,(H,23,25). The van der Waals surface area contributed by atoms with E-state index in [0.29, 0.717) is 39.4 Å². The van der Waals surface area contributed by atoms with Crippen LogP contribution in [0.5, 0.6) is 11.5 Å². The van der Waals surface area contributed by atoms with Crippen LogP contribution in [0.2, 0.25) is 5.02 Å². The molecule has 0 radical (unpaired) electrons. The average molecular weight is 391 g/mol. The summed E-state index contributed by atoms with van der Waals surface area (Å²) in [5.74, 6) is 1.28. The summed E-state index contributed by atoms with van der Waals surface area (Å²) >= 11 is 6.28. The largest absolute Gasteiger partial charge is 0.497 e. The molecule has 3 rings (SSSR count). The minimum atomic E-state index is -0.344. The first-order chi connectivity index (χ1) is 13.0. The summed E-state index contributed by atoms with van der Waals surface area (Å²) in [4.78, 5) is 23.8. The Morgan fingerprint density at radius 1 is 1.19 bits per heavy atom. The van der Waals surface area contributed by atoms with Gasteiger partial charge in [0.1, 0.15) is 17.2 Å². The van der Waals surface area contributed by atoms with Gasteiger partial charge in [-0.25, -0.2) is 9.97 Å². The number of carbonyl (C=O) groups is 1. The van der Waals surface area contributed by atoms with E-state index in [4.69, 9.17) is 21.1 Å². The quantitative estimate of drug-likeness (QED) is 0.838. The Morgan fingerprint density at radius 2 is 1.93 bits per heavy atom. The molecule has 2 heterocycles. The second-order valence-electron chi connectivity index (χ2n) is 6.36. The molecule has 144 valence electrons. The van der Waals surface area contributed by atoms with Crippen molar-refractivity contribution >= 4 is 29.1 Å². The number of benzene rings is 1. The Bertz CT molecular complexity index is 838. The molecule has 1 aliphatic rings. The van der Waals surface area contributed by atoms with Crippen molar-refractivity contribution in [3.8, 4) is 11.5 Å². The first-order valence-corrected chi connectivity index (χ1v) is 9.22. The number of nitrogens with zero attached hydrogens (tertiary/aromatic N) is 3. The smallest absolute Gasteiger partial charge is 0.259 e. The molecule has 27 heavy (non-hydrogen) atoms. The van der Waals surface area contributed by atoms with Crippen molar-refractivity contribution in [1.29, 1.82) is 0 Å². The van der Waals surface area contributed by atoms with Crippen LogP contribution in [0.1, 0.15) is 35.3 Å². The molecule has 1 saturated heterocycles. The van der Waals surface area contributed by atoms with Crippen LogP contribution in [0.3, 0.4) is 0 Å². The number of ether oxygens (including phenoxy) is 2. The number of methoxy groups -OCH3 is 2. The summed E-state index contributed by atoms with van der Waals surface area (Å²) in [7, 11) is 3.04. The summed E-state index contributed by atoms with van der Waals surface area (Å²) in [6, 6.07) is 3.27. The maximum absolute atomic E-state index is 12.7. The molecule has 0 bridgehead atoms. The number of hydrogen-bond donors (Lipinski definition) is 1. The van der Waals surface area contributed by atoms with Crippen LogP contribution >= 0.6 is 11.6 Å². The molecular formula is C19H23ClN4O3. The molecule has 1 fully saturated rings. The van der Waals surface area contributed by atoms with Crippen molar-refractivity contribution in [1.82, 2.24) is 9.97 Å². The number of hydrogen-bond acceptors (Lipinski definition) is 6. The zero-order valence-electron chi connectivity index (χ0n) is 15.7. The van der Waals surface area contributed by atoms with Gasteiger partial charge in [0.25, 0.3) is 5.91 Å². The fourth-order valence-corrected chi connectivity index (χ4v) is 3.31. The maximum Gasteiger partial charge on any atom is 0.259 e. The van der Waals surface area contributed by atoms with Crippen molar-refractivity contribution in [2.24, 2.45) is 0 Å². The van der Waals surface area contributed by atoms with Crippen molar-refractivity contribution in [3.05, 3.63) is 34.6 Å². The fraction of sp³-hybridized carbons (Fsp3) is 0.421. The van der Waals surface area contributed by atoms with E-state index in [2.05, 4.69) is 20.2 Å². The van der Waals surface area contributed by atoms with Gasteiger partial charge in [0.05, 0.1) is 30.5 Å². The first-order valence-electron chi connectivity index (χ1n) is 8.85. The molecule has 1 aromatic heterocycles. The molecular weight excluding hydrogens is 368 g/mol. The van der Waals surface area contributed by atoms with Gasteiger partial charge in [0.15, 0.2) is 0 Å². The molecule has 0 saturated carbocycles. The van der Waals surface area contributed by atoms with Crippen LogP contribution in [0.4, 0.5) is 11.6 Å². The lowest BCUT2D eigenvalue weighted by Crippen LogP contribution is -2.31. The Balaban J connectivity index is 1.82. The molecule has 1 aliphatic heterocycles. The third-order valence-corrected chi connectivity index (χ3v) is 4.87. The molecule has 1 N–H and O–H groups in total. The molecule has 2 aromatic rings. The number of piperidine rings is 1. The third-order valence-electron chi connectivity index (χ3n) is 4.57. The van der Waals surface area contributed by atoms with Crippen molar-refractivity contribution < 1.29 is 14.3 Å². The van der Waals surface area contributed by atoms with Crippen LogP contribution < -0.4 is 19.7 Å². The Kier molecular flexibility index (Phi) is 6.01. The van der Waals surface area contributed by atoms with Gasteiger partial charge >= 0.3 is 0 Å². The summed E-state index contributed by atoms with van der Waals surface area (Å²) < 4.78 is 10.5. The van der Waals surface area contributed by atoms with E-state index in [0.717, 1.165) is 25.9 Å². The summed E-state index contributed by atoms with van der Waals surface area (Å²) in [6.07, 6.45) is 5.08. The second kappa shape index (κ2) is 8.43. The maximum atomic E-state index is 12.7. The predicted octanol–water partition coefficient (Wildman–Crippen LogP) is 3.70. The number of aryl methyl sites for hydroxylation is 1. The van der Waals surface area contributed by atoms with Crippen molar-refractivity contribution in [2.75, 3.05) is 37.5 Å². The molecule has 7 nitrogen and oxygen atoms in total. The van der Waals surface area contributed by atoms with Crippen LogP contribution in [0.15, 0.2) is 18.3 Å². The Hall–Kier alpha value is -2.54. The second-order valence-corrected chi connectivity index (χ2v) is 6.76. The summed E-state index contributed by atoms with van der Waals surface area (Å²) in [5.41, 5.74) is 1.39. The number of amides is 1. The number of nitrogens with one attached hydrogen (secondary N) is 1. The molecule has 1 aromatic carbocycles. The molecule has 0 aliphatic carbocycles. The monoisotopic (exact) mass is 390 g/mol. The highest BCUT2D eigenvalue weighted by atomic mass is 35.5. The van der Waals surface area contributed by atoms with Crippen LogP contribution in [-0.4, -0.2) is 43.2 Å². The molecule has 8 heteroatoms. The number of rotatable bonds is 5. The van der Waals surface area contributed by atoms with Gasteiger partial charge < -0.3 is 19.7 Å². The minimum Gasteiger partial charge on any atom is -0.497 e. The van der Waals surface area contributed by atoms with Crippen molar-refractivity contribution in [2.45, 2.75) is 26.2 Å². The lowest BCUT2D eigenvalue weighted by Gasteiger charge is -2.26. The van der Waals surface area contributed by atoms with Crippen LogP contribution in [0, 0.1) is 6.92 Å². The van der Waals surface area contributed by atoms with Gasteiger partial charge in [-0.2, -0.15) is 0 Å². The summed E-state index contributed by atoms with van der Waals surface area (Å²) in [5, 5.41) is 3.11. The number of halogens is 1. The lowest BCUT2D eigenvalue weighted by atomic mass is 10.1. The van der Waals surface area contributed by atoms with E-state index < -0.39 is 0 Å². The molecule has 0 spiro atoms. The van der Waals surface area contributed by atoms with Crippen LogP contribution in [-0.2, 0) is 0 Å². The minimum absolute atomic E-state index is 0.322. The van der Waals surface area contributed by atoms with Gasteiger partial charge in [-0.1, -0.05) is 11.6 Å². The molecule has 1 amide bonds. The van der Waals surface area contributed by atoms with E-state index in [1.165, 1.54) is 20.6 Å². The van der Waals surface area contributed by atoms with Gasteiger partial charge in [-0.05, 0) is 26.2 Å². The van der Waals surface area contributed by atoms with E-state index in [1.54, 1.807) is 25.3 Å². The number of anilines is 2. The van der Waals surface area contributed by atoms with E-state index in [-0.39, 0.29) is 5.91 Å². The number of aromatic nitrogens is 2. The normalized spacial score (nSPS) is 14.0. The molecule has 0 atom stereocenters. The van der Waals surface area contributed by atoms with Gasteiger partial charge in [-0.3, -0.25) is 4.79 Å². The fourth-order valence-electron chi connectivity index (χ4n) is 3.06. The zero-order valence-corrected chi connectivity index (χ0v) is 16.5. The lowest BCUT2D eigenvalue weighted by molar-refractivity contribution is 0.102. The highest BCUT2D eigenvalue weighted by molar-refractivity contribution is 6.34. The van der Waals surface area contributed by atoms with Gasteiger partial charge in [0.2, 0.25) is 5.95 Å². The van der Waals surface area contributed by atoms with E-state index in [9.17, 15) is 4.79 Å². The average Bonchev–Trinajstić information content (AvgIpc) is 2.69. The highest BCUT2D eigenvalue weighted by Crippen LogP contribution is 2.37. The summed E-state index contributed by atoms with van der Waals surface area (Å²) in [6.45, 7) is 3.70. The van der Waals surface area contributed by atoms with E-state index >= 15 is 0 Å². The van der Waals surface area contributed by atoms with Crippen molar-refractivity contribution in [3.63, 3.8) is 0 Å². The Morgan fingerprint density at radius 3 is 2.56 bits per heavy atom. The third kappa shape index (κ3) is 4.24. The first kappa shape index (κ1) is 19.2. The predicted molar refractivity (Wildman–Crippen MR) is 105 cm³/mol. The van der Waals surface area contributed by atoms with Crippen LogP contribution in [0.25, 0.3) is 0 Å². The Labute approximate surface area is 163 Å². The number of carbonyl (C=O) groups excluding carboxylic acids is 1. The SMILES string of the molecule is COc1cc(Cl)c(NC(=O)c2cnc(N3CCCCC3)nc2C)c(OC)c1.